The van der Waals surface area contributed by atoms with Crippen LogP contribution in [0.15, 0.2) is 16.6 Å². The van der Waals surface area contributed by atoms with Gasteiger partial charge in [-0.1, -0.05) is 6.42 Å². The van der Waals surface area contributed by atoms with Crippen LogP contribution in [0, 0.1) is 0 Å². The van der Waals surface area contributed by atoms with Gasteiger partial charge in [-0.2, -0.15) is 0 Å². The van der Waals surface area contributed by atoms with Crippen LogP contribution in [0.2, 0.25) is 0 Å². The van der Waals surface area contributed by atoms with Crippen LogP contribution >= 0.6 is 11.3 Å². The minimum absolute atomic E-state index is 0.0728. The normalized spacial score (nSPS) is 16.7. The Morgan fingerprint density at radius 3 is 2.95 bits per heavy atom. The summed E-state index contributed by atoms with van der Waals surface area (Å²) in [5, 5.41) is 5.08. The second-order valence-electron chi connectivity index (χ2n) is 4.60. The van der Waals surface area contributed by atoms with Gasteiger partial charge in [-0.3, -0.25) is 4.40 Å². The lowest BCUT2D eigenvalue weighted by molar-refractivity contribution is 0.383. The van der Waals surface area contributed by atoms with E-state index in [9.17, 15) is 8.42 Å². The molecule has 1 aliphatic carbocycles. The molecule has 2 heterocycles. The lowest BCUT2D eigenvalue weighted by atomic mass is 9.94. The van der Waals surface area contributed by atoms with Crippen LogP contribution in [0.5, 0.6) is 0 Å². The highest BCUT2D eigenvalue weighted by Gasteiger charge is 2.30. The number of fused-ring (bicyclic) bond motifs is 1. The van der Waals surface area contributed by atoms with Gasteiger partial charge in [0.15, 0.2) is 15.8 Å². The summed E-state index contributed by atoms with van der Waals surface area (Å²) >= 11 is 1.42. The number of imidazole rings is 1. The van der Waals surface area contributed by atoms with Crippen molar-refractivity contribution in [3.63, 3.8) is 0 Å². The smallest absolute Gasteiger partial charge is 0.260 e. The van der Waals surface area contributed by atoms with E-state index in [-0.39, 0.29) is 11.1 Å². The first-order valence-electron chi connectivity index (χ1n) is 6.33. The molecule has 1 saturated carbocycles. The monoisotopic (exact) mass is 300 g/mol. The fourth-order valence-electron chi connectivity index (χ4n) is 2.11. The molecule has 0 atom stereocenters. The van der Waals surface area contributed by atoms with Crippen molar-refractivity contribution in [1.82, 2.24) is 14.1 Å². The Hall–Kier alpha value is -1.12. The number of nitrogens with one attached hydrogen (secondary N) is 2. The number of hydrogen-bond acceptors (Lipinski definition) is 5. The van der Waals surface area contributed by atoms with Crippen molar-refractivity contribution in [3.8, 4) is 0 Å². The van der Waals surface area contributed by atoms with E-state index in [4.69, 9.17) is 0 Å². The third-order valence-electron chi connectivity index (χ3n) is 3.24. The van der Waals surface area contributed by atoms with E-state index in [2.05, 4.69) is 15.0 Å². The molecule has 0 aliphatic heterocycles. The fourth-order valence-corrected chi connectivity index (χ4v) is 4.44. The van der Waals surface area contributed by atoms with Gasteiger partial charge in [-0.05, 0) is 19.8 Å². The summed E-state index contributed by atoms with van der Waals surface area (Å²) in [5.74, 6) is 0.432. The minimum atomic E-state index is -3.53. The summed E-state index contributed by atoms with van der Waals surface area (Å²) in [6.45, 7) is 2.56. The minimum Gasteiger partial charge on any atom is -0.368 e. The molecule has 2 N–H and O–H groups in total. The lowest BCUT2D eigenvalue weighted by Gasteiger charge is -2.26. The van der Waals surface area contributed by atoms with Crippen molar-refractivity contribution in [2.45, 2.75) is 37.3 Å². The first kappa shape index (κ1) is 12.9. The molecule has 0 saturated heterocycles. The van der Waals surface area contributed by atoms with Crippen LogP contribution < -0.4 is 10.0 Å². The molecule has 104 valence electrons. The first-order valence-corrected chi connectivity index (χ1v) is 8.70. The van der Waals surface area contributed by atoms with Crippen LogP contribution in [0.4, 0.5) is 5.82 Å². The van der Waals surface area contributed by atoms with Gasteiger partial charge < -0.3 is 5.32 Å². The fraction of sp³-hybridized carbons (Fsp3) is 0.545. The van der Waals surface area contributed by atoms with E-state index < -0.39 is 10.0 Å². The van der Waals surface area contributed by atoms with Gasteiger partial charge >= 0.3 is 0 Å². The number of rotatable bonds is 5. The van der Waals surface area contributed by atoms with E-state index >= 15 is 0 Å². The SMILES string of the molecule is CCNc1nc2sccn2c1S(=O)(=O)NC1CCC1. The molecule has 1 fully saturated rings. The zero-order chi connectivity index (χ0) is 13.5. The Labute approximate surface area is 115 Å². The maximum absolute atomic E-state index is 12.5. The van der Waals surface area contributed by atoms with Crippen LogP contribution in [0.25, 0.3) is 4.96 Å². The Balaban J connectivity index is 2.05. The molecule has 19 heavy (non-hydrogen) atoms. The van der Waals surface area contributed by atoms with Crippen molar-refractivity contribution in [1.29, 1.82) is 0 Å². The van der Waals surface area contributed by atoms with Gasteiger partial charge in [0.1, 0.15) is 0 Å². The predicted molar refractivity (Wildman–Crippen MR) is 75.2 cm³/mol. The topological polar surface area (TPSA) is 75.5 Å². The number of sulfonamides is 1. The highest BCUT2D eigenvalue weighted by Crippen LogP contribution is 2.27. The molecule has 0 bridgehead atoms. The van der Waals surface area contributed by atoms with E-state index in [1.165, 1.54) is 11.3 Å². The molecule has 0 radical (unpaired) electrons. The van der Waals surface area contributed by atoms with Crippen LogP contribution in [-0.2, 0) is 10.0 Å². The summed E-state index contributed by atoms with van der Waals surface area (Å²) in [4.78, 5) is 5.02. The van der Waals surface area contributed by atoms with Crippen molar-refractivity contribution in [3.05, 3.63) is 11.6 Å². The van der Waals surface area contributed by atoms with Crippen molar-refractivity contribution >= 4 is 32.1 Å². The molecule has 3 rings (SSSR count). The third-order valence-corrected chi connectivity index (χ3v) is 5.54. The molecule has 0 unspecified atom stereocenters. The Morgan fingerprint density at radius 1 is 1.53 bits per heavy atom. The molecule has 8 heteroatoms. The van der Waals surface area contributed by atoms with Crippen LogP contribution in [-0.4, -0.2) is 30.4 Å². The van der Waals surface area contributed by atoms with Crippen molar-refractivity contribution in [2.75, 3.05) is 11.9 Å². The molecule has 0 spiro atoms. The Kier molecular flexibility index (Phi) is 3.23. The largest absolute Gasteiger partial charge is 0.368 e. The maximum atomic E-state index is 12.5. The molecule has 0 amide bonds. The quantitative estimate of drug-likeness (QED) is 0.880. The van der Waals surface area contributed by atoms with Crippen LogP contribution in [0.3, 0.4) is 0 Å². The molecular formula is C11H16N4O2S2. The maximum Gasteiger partial charge on any atom is 0.260 e. The Morgan fingerprint density at radius 2 is 2.32 bits per heavy atom. The van der Waals surface area contributed by atoms with Gasteiger partial charge in [0.05, 0.1) is 0 Å². The third kappa shape index (κ3) is 2.24. The summed E-state index contributed by atoms with van der Waals surface area (Å²) in [5.41, 5.74) is 0. The summed E-state index contributed by atoms with van der Waals surface area (Å²) in [7, 11) is -3.53. The van der Waals surface area contributed by atoms with Gasteiger partial charge in [0.2, 0.25) is 0 Å². The van der Waals surface area contributed by atoms with E-state index in [1.54, 1.807) is 10.6 Å². The predicted octanol–water partition coefficient (Wildman–Crippen LogP) is 1.66. The van der Waals surface area contributed by atoms with E-state index in [0.717, 1.165) is 19.3 Å². The average molecular weight is 300 g/mol. The molecule has 0 aromatic carbocycles. The molecule has 6 nitrogen and oxygen atoms in total. The standard InChI is InChI=1S/C11H16N4O2S2/c1-2-12-9-10(15-6-7-18-11(15)13-9)19(16,17)14-8-4-3-5-8/h6-8,12,14H,2-5H2,1H3. The average Bonchev–Trinajstić information content (AvgIpc) is 2.83. The first-order chi connectivity index (χ1) is 9.12. The molecule has 2 aromatic heterocycles. The van der Waals surface area contributed by atoms with Crippen molar-refractivity contribution < 1.29 is 8.42 Å². The zero-order valence-electron chi connectivity index (χ0n) is 10.6. The summed E-state index contributed by atoms with van der Waals surface area (Å²) in [6, 6.07) is 0.0728. The summed E-state index contributed by atoms with van der Waals surface area (Å²) in [6.07, 6.45) is 4.67. The number of hydrogen-bond donors (Lipinski definition) is 2. The van der Waals surface area contributed by atoms with Crippen LogP contribution in [0.1, 0.15) is 26.2 Å². The van der Waals surface area contributed by atoms with E-state index in [1.807, 2.05) is 12.3 Å². The zero-order valence-corrected chi connectivity index (χ0v) is 12.2. The highest BCUT2D eigenvalue weighted by atomic mass is 32.2. The van der Waals surface area contributed by atoms with Gasteiger partial charge in [-0.25, -0.2) is 18.1 Å². The Bertz CT molecular complexity index is 685. The molecule has 1 aliphatic rings. The van der Waals surface area contributed by atoms with Crippen molar-refractivity contribution in [2.24, 2.45) is 0 Å². The summed E-state index contributed by atoms with van der Waals surface area (Å²) < 4.78 is 29.4. The van der Waals surface area contributed by atoms with Gasteiger partial charge in [-0.15, -0.1) is 11.3 Å². The lowest BCUT2D eigenvalue weighted by Crippen LogP contribution is -2.40. The van der Waals surface area contributed by atoms with E-state index in [0.29, 0.717) is 17.3 Å². The second-order valence-corrected chi connectivity index (χ2v) is 7.10. The van der Waals surface area contributed by atoms with Gasteiger partial charge in [0.25, 0.3) is 10.0 Å². The highest BCUT2D eigenvalue weighted by molar-refractivity contribution is 7.89. The number of anilines is 1. The molecular weight excluding hydrogens is 284 g/mol. The number of nitrogens with zero attached hydrogens (tertiary/aromatic N) is 2. The molecule has 2 aromatic rings. The number of thiazole rings is 1. The number of aromatic nitrogens is 2. The second kappa shape index (κ2) is 4.77. The van der Waals surface area contributed by atoms with Gasteiger partial charge in [0, 0.05) is 24.2 Å².